The van der Waals surface area contributed by atoms with Gasteiger partial charge in [0.05, 0.1) is 5.25 Å². The molecule has 2 heterocycles. The lowest BCUT2D eigenvalue weighted by Gasteiger charge is -2.18. The number of rotatable bonds is 3. The van der Waals surface area contributed by atoms with Crippen LogP contribution in [-0.4, -0.2) is 34.1 Å². The van der Waals surface area contributed by atoms with Crippen LogP contribution < -0.4 is 5.73 Å². The highest BCUT2D eigenvalue weighted by Gasteiger charge is 2.25. The quantitative estimate of drug-likeness (QED) is 0.695. The number of nitrogen functional groups attached to an aromatic ring is 1. The number of carbonyl (C=O) groups excluding carboxylic acids is 1. The van der Waals surface area contributed by atoms with Gasteiger partial charge in [-0.3, -0.25) is 4.79 Å². The van der Waals surface area contributed by atoms with Crippen LogP contribution in [0.15, 0.2) is 27.8 Å². The van der Waals surface area contributed by atoms with E-state index in [1.807, 2.05) is 17.9 Å². The predicted molar refractivity (Wildman–Crippen MR) is 79.6 cm³/mol. The van der Waals surface area contributed by atoms with Crippen LogP contribution in [0.5, 0.6) is 0 Å². The molecule has 1 aliphatic rings. The molecule has 1 fully saturated rings. The summed E-state index contributed by atoms with van der Waals surface area (Å²) in [5.74, 6) is 0.161. The molecule has 1 saturated heterocycles. The van der Waals surface area contributed by atoms with Gasteiger partial charge in [-0.1, -0.05) is 11.8 Å². The van der Waals surface area contributed by atoms with Crippen molar-refractivity contribution in [3.05, 3.63) is 18.2 Å². The van der Waals surface area contributed by atoms with Crippen LogP contribution in [0.2, 0.25) is 0 Å². The number of likely N-dealkylation sites (tertiary alicyclic amines) is 1. The fraction of sp³-hybridized carbons (Fsp3) is 0.429. The number of thioether (sulfide) groups is 1. The third-order valence-corrected chi connectivity index (χ3v) is 4.37. The second-order valence-corrected chi connectivity index (χ2v) is 6.29. The van der Waals surface area contributed by atoms with Gasteiger partial charge < -0.3 is 15.1 Å². The second kappa shape index (κ2) is 5.36. The molecule has 0 radical (unpaired) electrons. The average Bonchev–Trinajstić information content (AvgIpc) is 3.05. The van der Waals surface area contributed by atoms with Crippen LogP contribution in [0.25, 0.3) is 11.1 Å². The topological polar surface area (TPSA) is 72.4 Å². The molecular weight excluding hydrogens is 274 g/mol. The summed E-state index contributed by atoms with van der Waals surface area (Å²) in [6.45, 7) is 3.64. The van der Waals surface area contributed by atoms with Gasteiger partial charge in [0.2, 0.25) is 5.91 Å². The molecule has 1 unspecified atom stereocenters. The van der Waals surface area contributed by atoms with Gasteiger partial charge in [-0.15, -0.1) is 0 Å². The van der Waals surface area contributed by atoms with Gasteiger partial charge >= 0.3 is 0 Å². The van der Waals surface area contributed by atoms with E-state index in [0.29, 0.717) is 16.5 Å². The van der Waals surface area contributed by atoms with E-state index in [1.54, 1.807) is 12.1 Å². The number of nitrogens with two attached hydrogens (primary N) is 1. The lowest BCUT2D eigenvalue weighted by molar-refractivity contribution is -0.129. The molecule has 0 aliphatic carbocycles. The Hall–Kier alpha value is -1.69. The number of nitrogens with zero attached hydrogens (tertiary/aromatic N) is 2. The zero-order valence-corrected chi connectivity index (χ0v) is 12.2. The number of anilines is 1. The maximum absolute atomic E-state index is 12.2. The first-order chi connectivity index (χ1) is 9.63. The number of oxazole rings is 1. The van der Waals surface area contributed by atoms with Crippen molar-refractivity contribution >= 4 is 34.5 Å². The zero-order chi connectivity index (χ0) is 14.1. The lowest BCUT2D eigenvalue weighted by Crippen LogP contribution is -2.34. The van der Waals surface area contributed by atoms with Gasteiger partial charge in [0.1, 0.15) is 5.52 Å². The molecule has 1 aromatic carbocycles. The van der Waals surface area contributed by atoms with Crippen LogP contribution >= 0.6 is 11.8 Å². The van der Waals surface area contributed by atoms with E-state index in [4.69, 9.17) is 10.2 Å². The molecule has 1 aliphatic heterocycles. The van der Waals surface area contributed by atoms with Gasteiger partial charge in [-0.25, -0.2) is 4.98 Å². The Bertz CT molecular complexity index is 634. The van der Waals surface area contributed by atoms with Crippen molar-refractivity contribution in [2.75, 3.05) is 18.8 Å². The maximum Gasteiger partial charge on any atom is 0.257 e. The summed E-state index contributed by atoms with van der Waals surface area (Å²) in [5.41, 5.74) is 7.78. The third-order valence-electron chi connectivity index (χ3n) is 3.44. The molecule has 1 amide bonds. The summed E-state index contributed by atoms with van der Waals surface area (Å²) < 4.78 is 5.63. The minimum absolute atomic E-state index is 0.161. The van der Waals surface area contributed by atoms with E-state index in [0.717, 1.165) is 31.4 Å². The van der Waals surface area contributed by atoms with Gasteiger partial charge in [-0.05, 0) is 31.9 Å². The lowest BCUT2D eigenvalue weighted by atomic mass is 10.3. The van der Waals surface area contributed by atoms with Crippen molar-refractivity contribution in [2.45, 2.75) is 30.2 Å². The van der Waals surface area contributed by atoms with Gasteiger partial charge in [0.15, 0.2) is 5.58 Å². The summed E-state index contributed by atoms with van der Waals surface area (Å²) >= 11 is 1.36. The average molecular weight is 291 g/mol. The van der Waals surface area contributed by atoms with Crippen molar-refractivity contribution in [3.63, 3.8) is 0 Å². The van der Waals surface area contributed by atoms with Crippen LogP contribution in [0.3, 0.4) is 0 Å². The Morgan fingerprint density at radius 2 is 2.20 bits per heavy atom. The molecule has 106 valence electrons. The van der Waals surface area contributed by atoms with Crippen LogP contribution in [0.4, 0.5) is 5.69 Å². The highest BCUT2D eigenvalue weighted by molar-refractivity contribution is 8.00. The van der Waals surface area contributed by atoms with Crippen molar-refractivity contribution in [3.8, 4) is 0 Å². The van der Waals surface area contributed by atoms with Crippen LogP contribution in [0, 0.1) is 0 Å². The second-order valence-electron chi connectivity index (χ2n) is 5.00. The summed E-state index contributed by atoms with van der Waals surface area (Å²) in [4.78, 5) is 18.5. The fourth-order valence-corrected chi connectivity index (χ4v) is 3.21. The largest absolute Gasteiger partial charge is 0.431 e. The Balaban J connectivity index is 1.73. The minimum atomic E-state index is -0.182. The number of aromatic nitrogens is 1. The van der Waals surface area contributed by atoms with Gasteiger partial charge in [0, 0.05) is 24.8 Å². The highest BCUT2D eigenvalue weighted by Crippen LogP contribution is 2.29. The first-order valence-corrected chi connectivity index (χ1v) is 7.63. The van der Waals surface area contributed by atoms with E-state index >= 15 is 0 Å². The SMILES string of the molecule is CC(Sc1nc2ccc(N)cc2o1)C(=O)N1CCCC1. The monoisotopic (exact) mass is 291 g/mol. The number of benzene rings is 1. The third kappa shape index (κ3) is 2.60. The van der Waals surface area contributed by atoms with Crippen molar-refractivity contribution in [1.29, 1.82) is 0 Å². The molecular formula is C14H17N3O2S. The molecule has 1 atom stereocenters. The Labute approximate surface area is 121 Å². The van der Waals surface area contributed by atoms with E-state index in [9.17, 15) is 4.79 Å². The van der Waals surface area contributed by atoms with E-state index < -0.39 is 0 Å². The molecule has 0 spiro atoms. The predicted octanol–water partition coefficient (Wildman–Crippen LogP) is 2.51. The number of hydrogen-bond donors (Lipinski definition) is 1. The molecule has 3 rings (SSSR count). The van der Waals surface area contributed by atoms with Crippen molar-refractivity contribution in [2.24, 2.45) is 0 Å². The van der Waals surface area contributed by atoms with E-state index in [1.165, 1.54) is 11.8 Å². The smallest absolute Gasteiger partial charge is 0.257 e. The normalized spacial score (nSPS) is 16.8. The number of amides is 1. The first kappa shape index (κ1) is 13.3. The Morgan fingerprint density at radius 1 is 1.45 bits per heavy atom. The van der Waals surface area contributed by atoms with Crippen molar-refractivity contribution < 1.29 is 9.21 Å². The molecule has 6 heteroatoms. The summed E-state index contributed by atoms with van der Waals surface area (Å²) in [6.07, 6.45) is 2.20. The number of carbonyl (C=O) groups is 1. The summed E-state index contributed by atoms with van der Waals surface area (Å²) in [7, 11) is 0. The maximum atomic E-state index is 12.2. The molecule has 2 aromatic rings. The highest BCUT2D eigenvalue weighted by atomic mass is 32.2. The van der Waals surface area contributed by atoms with Crippen LogP contribution in [-0.2, 0) is 4.79 Å². The number of fused-ring (bicyclic) bond motifs is 1. The molecule has 5 nitrogen and oxygen atoms in total. The van der Waals surface area contributed by atoms with Crippen molar-refractivity contribution in [1.82, 2.24) is 9.88 Å². The van der Waals surface area contributed by atoms with Gasteiger partial charge in [0.25, 0.3) is 5.22 Å². The molecule has 20 heavy (non-hydrogen) atoms. The van der Waals surface area contributed by atoms with Crippen LogP contribution in [0.1, 0.15) is 19.8 Å². The number of hydrogen-bond acceptors (Lipinski definition) is 5. The molecule has 0 saturated carbocycles. The summed E-state index contributed by atoms with van der Waals surface area (Å²) in [6, 6.07) is 5.36. The first-order valence-electron chi connectivity index (χ1n) is 6.75. The standard InChI is InChI=1S/C14H17N3O2S/c1-9(13(18)17-6-2-3-7-17)20-14-16-11-5-4-10(15)8-12(11)19-14/h4-5,8-9H,2-3,6-7,15H2,1H3. The molecule has 1 aromatic heterocycles. The van der Waals surface area contributed by atoms with Gasteiger partial charge in [-0.2, -0.15) is 0 Å². The molecule has 0 bridgehead atoms. The summed E-state index contributed by atoms with van der Waals surface area (Å²) in [5, 5.41) is 0.337. The van der Waals surface area contributed by atoms with E-state index in [-0.39, 0.29) is 11.2 Å². The minimum Gasteiger partial charge on any atom is -0.431 e. The molecule has 2 N–H and O–H groups in total. The Morgan fingerprint density at radius 3 is 2.95 bits per heavy atom. The zero-order valence-electron chi connectivity index (χ0n) is 11.3. The fourth-order valence-electron chi connectivity index (χ4n) is 2.37. The van der Waals surface area contributed by atoms with E-state index in [2.05, 4.69) is 4.98 Å². The Kier molecular flexibility index (Phi) is 3.56.